The maximum atomic E-state index is 13.6. The van der Waals surface area contributed by atoms with E-state index in [1.807, 2.05) is 0 Å². The Kier molecular flexibility index (Phi) is 6.86. The van der Waals surface area contributed by atoms with Crippen LogP contribution in [0.25, 0.3) is 0 Å². The number of nitro benzene ring substituents is 1. The number of nitrogens with zero attached hydrogens (tertiary/aromatic N) is 2. The molecule has 0 fully saturated rings. The van der Waals surface area contributed by atoms with Crippen molar-refractivity contribution in [2.45, 2.75) is 25.4 Å². The van der Waals surface area contributed by atoms with Gasteiger partial charge in [-0.15, -0.1) is 0 Å². The molecule has 0 unspecified atom stereocenters. The van der Waals surface area contributed by atoms with E-state index in [4.69, 9.17) is 28.3 Å². The lowest BCUT2D eigenvalue weighted by Gasteiger charge is -2.29. The summed E-state index contributed by atoms with van der Waals surface area (Å²) in [5, 5.41) is 21.1. The Hall–Kier alpha value is -3.75. The Balaban J connectivity index is 1.75. The van der Waals surface area contributed by atoms with Crippen LogP contribution in [0.1, 0.15) is 37.4 Å². The first kappa shape index (κ1) is 24.4. The number of carboxylic acid groups (broad SMARTS) is 1. The van der Waals surface area contributed by atoms with Crippen molar-refractivity contribution in [3.63, 3.8) is 0 Å². The molecule has 3 aromatic rings. The molecule has 1 heterocycles. The van der Waals surface area contributed by atoms with Crippen LogP contribution in [0.3, 0.4) is 0 Å². The Morgan fingerprint density at radius 1 is 1.00 bits per heavy atom. The summed E-state index contributed by atoms with van der Waals surface area (Å²) in [4.78, 5) is 50.3. The monoisotopic (exact) mass is 512 g/mol. The summed E-state index contributed by atoms with van der Waals surface area (Å²) in [6.45, 7) is 0.0346. The minimum atomic E-state index is -1.08. The average molecular weight is 513 g/mol. The average Bonchev–Trinajstić information content (AvgIpc) is 2.91. The summed E-state index contributed by atoms with van der Waals surface area (Å²) in [5.74, 6) is -1.82. The van der Waals surface area contributed by atoms with Gasteiger partial charge in [0, 0.05) is 37.1 Å². The largest absolute Gasteiger partial charge is 0.478 e. The zero-order chi connectivity index (χ0) is 25.3. The van der Waals surface area contributed by atoms with Crippen molar-refractivity contribution in [1.29, 1.82) is 0 Å². The third-order valence-electron chi connectivity index (χ3n) is 5.87. The predicted molar refractivity (Wildman–Crippen MR) is 129 cm³/mol. The zero-order valence-corrected chi connectivity index (χ0v) is 19.6. The van der Waals surface area contributed by atoms with Gasteiger partial charge in [0.05, 0.1) is 26.6 Å². The maximum absolute atomic E-state index is 13.6. The summed E-state index contributed by atoms with van der Waals surface area (Å²) >= 11 is 12.2. The molecule has 1 aliphatic heterocycles. The molecule has 0 saturated carbocycles. The molecule has 0 radical (unpaired) electrons. The van der Waals surface area contributed by atoms with Crippen molar-refractivity contribution in [2.24, 2.45) is 0 Å². The molecule has 1 amide bonds. The van der Waals surface area contributed by atoms with Gasteiger partial charge in [0.1, 0.15) is 0 Å². The second-order valence-corrected chi connectivity index (χ2v) is 8.96. The number of carbonyl (C=O) groups is 3. The molecule has 0 bridgehead atoms. The Bertz CT molecular complexity index is 1360. The summed E-state index contributed by atoms with van der Waals surface area (Å²) < 4.78 is 0. The molecule has 4 rings (SSSR count). The zero-order valence-electron chi connectivity index (χ0n) is 18.1. The van der Waals surface area contributed by atoms with E-state index in [2.05, 4.69) is 0 Å². The quantitative estimate of drug-likeness (QED) is 0.367. The predicted octanol–water partition coefficient (Wildman–Crippen LogP) is 4.98. The highest BCUT2D eigenvalue weighted by Crippen LogP contribution is 2.29. The number of nitro groups is 1. The standard InChI is InChI=1S/C25H18Cl2N2O6/c26-20-8-3-15(9-21(20)27)10-22-23(30)12-17-11-18(29(34)35)6-7-19(17)24(31)28(22)13-14-1-4-16(5-2-14)25(32)33/h1-9,11,22H,10,12-13H2,(H,32,33)/t22-/m1/s1. The van der Waals surface area contributed by atoms with E-state index in [9.17, 15) is 24.5 Å². The van der Waals surface area contributed by atoms with Crippen LogP contribution in [0, 0.1) is 10.1 Å². The number of halogens is 2. The van der Waals surface area contributed by atoms with Crippen molar-refractivity contribution in [1.82, 2.24) is 4.90 Å². The van der Waals surface area contributed by atoms with Gasteiger partial charge in [-0.2, -0.15) is 0 Å². The van der Waals surface area contributed by atoms with Crippen LogP contribution in [-0.2, 0) is 24.2 Å². The third-order valence-corrected chi connectivity index (χ3v) is 6.61. The van der Waals surface area contributed by atoms with Gasteiger partial charge < -0.3 is 10.0 Å². The first-order valence-corrected chi connectivity index (χ1v) is 11.3. The number of fused-ring (bicyclic) bond motifs is 1. The third kappa shape index (κ3) is 5.18. The number of aromatic carboxylic acids is 1. The number of carboxylic acids is 1. The molecular weight excluding hydrogens is 495 g/mol. The van der Waals surface area contributed by atoms with Gasteiger partial charge >= 0.3 is 5.97 Å². The minimum Gasteiger partial charge on any atom is -0.478 e. The fraction of sp³-hybridized carbons (Fsp3) is 0.160. The minimum absolute atomic E-state index is 0.0346. The van der Waals surface area contributed by atoms with Gasteiger partial charge in [0.2, 0.25) is 0 Å². The van der Waals surface area contributed by atoms with Crippen molar-refractivity contribution < 1.29 is 24.4 Å². The van der Waals surface area contributed by atoms with E-state index in [1.165, 1.54) is 35.2 Å². The molecule has 0 spiro atoms. The number of carbonyl (C=O) groups excluding carboxylic acids is 2. The van der Waals surface area contributed by atoms with Crippen LogP contribution in [0.4, 0.5) is 5.69 Å². The van der Waals surface area contributed by atoms with Crippen LogP contribution in [0.5, 0.6) is 0 Å². The van der Waals surface area contributed by atoms with Crippen molar-refractivity contribution >= 4 is 46.5 Å². The van der Waals surface area contributed by atoms with Gasteiger partial charge in [-0.05, 0) is 47.0 Å². The lowest BCUT2D eigenvalue weighted by Crippen LogP contribution is -2.44. The summed E-state index contributed by atoms with van der Waals surface area (Å²) in [6.07, 6.45) is 0.00788. The van der Waals surface area contributed by atoms with E-state index in [1.54, 1.807) is 30.3 Å². The van der Waals surface area contributed by atoms with Gasteiger partial charge in [-0.1, -0.05) is 41.4 Å². The smallest absolute Gasteiger partial charge is 0.335 e. The van der Waals surface area contributed by atoms with E-state index >= 15 is 0 Å². The Morgan fingerprint density at radius 2 is 1.69 bits per heavy atom. The van der Waals surface area contributed by atoms with Crippen LogP contribution < -0.4 is 0 Å². The second kappa shape index (κ2) is 9.85. The molecule has 35 heavy (non-hydrogen) atoms. The molecule has 10 heteroatoms. The summed E-state index contributed by atoms with van der Waals surface area (Å²) in [5.41, 5.74) is 1.70. The lowest BCUT2D eigenvalue weighted by atomic mass is 9.97. The SMILES string of the molecule is O=C(O)c1ccc(CN2C(=O)c3ccc([N+](=O)[O-])cc3CC(=O)[C@H]2Cc2ccc(Cl)c(Cl)c2)cc1. The fourth-order valence-electron chi connectivity index (χ4n) is 4.07. The topological polar surface area (TPSA) is 118 Å². The second-order valence-electron chi connectivity index (χ2n) is 8.15. The molecule has 8 nitrogen and oxygen atoms in total. The number of non-ortho nitro benzene ring substituents is 1. The molecule has 1 atom stereocenters. The van der Waals surface area contributed by atoms with E-state index in [0.29, 0.717) is 21.2 Å². The molecule has 0 aromatic heterocycles. The molecule has 0 aliphatic carbocycles. The number of hydrogen-bond donors (Lipinski definition) is 1. The first-order valence-electron chi connectivity index (χ1n) is 10.5. The van der Waals surface area contributed by atoms with Crippen LogP contribution >= 0.6 is 23.2 Å². The highest BCUT2D eigenvalue weighted by Gasteiger charge is 2.36. The highest BCUT2D eigenvalue weighted by atomic mass is 35.5. The van der Waals surface area contributed by atoms with Crippen LogP contribution in [0.2, 0.25) is 10.0 Å². The van der Waals surface area contributed by atoms with Crippen molar-refractivity contribution in [2.75, 3.05) is 0 Å². The van der Waals surface area contributed by atoms with Crippen molar-refractivity contribution in [3.05, 3.63) is 109 Å². The van der Waals surface area contributed by atoms with Gasteiger partial charge in [0.25, 0.3) is 11.6 Å². The summed E-state index contributed by atoms with van der Waals surface area (Å²) in [6, 6.07) is 13.9. The van der Waals surface area contributed by atoms with Gasteiger partial charge in [-0.25, -0.2) is 4.79 Å². The van der Waals surface area contributed by atoms with E-state index in [-0.39, 0.29) is 47.5 Å². The Labute approximate surface area is 209 Å². The van der Waals surface area contributed by atoms with Gasteiger partial charge in [0.15, 0.2) is 5.78 Å². The van der Waals surface area contributed by atoms with Gasteiger partial charge in [-0.3, -0.25) is 19.7 Å². The first-order chi connectivity index (χ1) is 16.6. The Morgan fingerprint density at radius 3 is 2.31 bits per heavy atom. The molecule has 178 valence electrons. The van der Waals surface area contributed by atoms with E-state index in [0.717, 1.165) is 0 Å². The molecule has 1 aliphatic rings. The number of amides is 1. The number of ketones is 1. The van der Waals surface area contributed by atoms with Crippen LogP contribution in [0.15, 0.2) is 60.7 Å². The maximum Gasteiger partial charge on any atom is 0.335 e. The number of benzene rings is 3. The summed E-state index contributed by atoms with van der Waals surface area (Å²) in [7, 11) is 0. The lowest BCUT2D eigenvalue weighted by molar-refractivity contribution is -0.384. The highest BCUT2D eigenvalue weighted by molar-refractivity contribution is 6.42. The number of rotatable bonds is 6. The fourth-order valence-corrected chi connectivity index (χ4v) is 4.39. The molecular formula is C25H18Cl2N2O6. The molecule has 0 saturated heterocycles. The van der Waals surface area contributed by atoms with Crippen molar-refractivity contribution in [3.8, 4) is 0 Å². The van der Waals surface area contributed by atoms with E-state index < -0.39 is 22.8 Å². The molecule has 1 N–H and O–H groups in total. The normalized spacial score (nSPS) is 15.5. The number of Topliss-reactive ketones (excluding diaryl/α,β-unsaturated/α-hetero) is 1. The van der Waals surface area contributed by atoms with Crippen LogP contribution in [-0.4, -0.2) is 38.6 Å². The molecule has 3 aromatic carbocycles. The number of hydrogen-bond acceptors (Lipinski definition) is 5.